The number of anilines is 1. The number of benzene rings is 2. The fraction of sp³-hybridized carbons (Fsp3) is 0.158. The van der Waals surface area contributed by atoms with Crippen LogP contribution in [0.1, 0.15) is 22.3 Å². The Hall–Kier alpha value is -4.13. The van der Waals surface area contributed by atoms with Gasteiger partial charge in [-0.3, -0.25) is 9.59 Å². The van der Waals surface area contributed by atoms with E-state index in [-0.39, 0.29) is 17.9 Å². The van der Waals surface area contributed by atoms with Crippen molar-refractivity contribution < 1.29 is 42.9 Å². The van der Waals surface area contributed by atoms with Crippen molar-refractivity contribution in [3.63, 3.8) is 0 Å². The number of halogens is 3. The molecule has 0 fully saturated rings. The third-order valence-corrected chi connectivity index (χ3v) is 3.58. The molecule has 0 aliphatic heterocycles. The van der Waals surface area contributed by atoms with E-state index >= 15 is 0 Å². The van der Waals surface area contributed by atoms with Crippen LogP contribution in [0, 0.1) is 0 Å². The van der Waals surface area contributed by atoms with Crippen LogP contribution in [0.2, 0.25) is 0 Å². The van der Waals surface area contributed by atoms with Gasteiger partial charge in [0.05, 0.1) is 11.4 Å². The van der Waals surface area contributed by atoms with Crippen molar-refractivity contribution in [2.24, 2.45) is 10.8 Å². The van der Waals surface area contributed by atoms with E-state index in [4.69, 9.17) is 20.9 Å². The fourth-order valence-electron chi connectivity index (χ4n) is 2.12. The molecule has 0 bridgehead atoms. The summed E-state index contributed by atoms with van der Waals surface area (Å²) in [4.78, 5) is 35.8. The first kappa shape index (κ1) is 25.9. The van der Waals surface area contributed by atoms with Gasteiger partial charge < -0.3 is 26.1 Å². The van der Waals surface area contributed by atoms with Crippen molar-refractivity contribution in [1.82, 2.24) is 5.43 Å². The summed E-state index contributed by atoms with van der Waals surface area (Å²) in [5, 5.41) is 28.4. The number of nitrogens with one attached hydrogen (secondary N) is 2. The van der Waals surface area contributed by atoms with Gasteiger partial charge in [0.2, 0.25) is 0 Å². The number of hydrogen-bond donors (Lipinski definition) is 6. The number of aromatic hydroxyl groups is 1. The van der Waals surface area contributed by atoms with E-state index in [2.05, 4.69) is 15.7 Å². The van der Waals surface area contributed by atoms with Crippen molar-refractivity contribution in [2.45, 2.75) is 19.0 Å². The van der Waals surface area contributed by atoms with Crippen LogP contribution in [-0.4, -0.2) is 45.7 Å². The number of aryl methyl sites for hydroxylation is 1. The van der Waals surface area contributed by atoms with Crippen molar-refractivity contribution in [1.29, 1.82) is 0 Å². The number of nitrogens with two attached hydrogens (primary N) is 1. The van der Waals surface area contributed by atoms with E-state index in [1.807, 2.05) is 0 Å². The number of phenols is 1. The number of rotatable bonds is 7. The molecule has 0 saturated carbocycles. The fourth-order valence-corrected chi connectivity index (χ4v) is 2.12. The number of amides is 1. The normalized spacial score (nSPS) is 10.8. The summed E-state index contributed by atoms with van der Waals surface area (Å²) in [7, 11) is 0. The maximum atomic E-state index is 12.3. The molecule has 13 heteroatoms. The molecule has 0 radical (unpaired) electrons. The number of phenolic OH excluding ortho intramolecular Hbond substituents is 1. The van der Waals surface area contributed by atoms with Gasteiger partial charge in [-0.25, -0.2) is 15.6 Å². The van der Waals surface area contributed by atoms with Crippen LogP contribution in [-0.2, 0) is 16.0 Å². The number of hydrazine groups is 1. The zero-order chi connectivity index (χ0) is 24.3. The topological polar surface area (TPSA) is 174 Å². The summed E-state index contributed by atoms with van der Waals surface area (Å²) in [5.74, 6) is 0.897. The lowest BCUT2D eigenvalue weighted by Gasteiger charge is -2.09. The molecule has 1 amide bonds. The Morgan fingerprint density at radius 1 is 1.09 bits per heavy atom. The van der Waals surface area contributed by atoms with E-state index < -0.39 is 24.0 Å². The van der Waals surface area contributed by atoms with E-state index in [1.165, 1.54) is 18.5 Å². The molecule has 0 spiro atoms. The molecule has 172 valence electrons. The van der Waals surface area contributed by atoms with Crippen molar-refractivity contribution in [3.05, 3.63) is 53.6 Å². The van der Waals surface area contributed by atoms with E-state index in [9.17, 15) is 27.9 Å². The Balaban J connectivity index is 0.000000633. The summed E-state index contributed by atoms with van der Waals surface area (Å²) in [5.41, 5.74) is 4.08. The zero-order valence-electron chi connectivity index (χ0n) is 16.3. The predicted molar refractivity (Wildman–Crippen MR) is 108 cm³/mol. The number of nitrogens with zero attached hydrogens (tertiary/aromatic N) is 1. The second-order valence-electron chi connectivity index (χ2n) is 5.98. The maximum absolute atomic E-state index is 12.3. The van der Waals surface area contributed by atoms with Crippen molar-refractivity contribution in [3.8, 4) is 5.75 Å². The van der Waals surface area contributed by atoms with Crippen LogP contribution in [0.4, 0.5) is 24.5 Å². The van der Waals surface area contributed by atoms with Gasteiger partial charge in [0.25, 0.3) is 5.91 Å². The lowest BCUT2D eigenvalue weighted by Crippen LogP contribution is -2.21. The van der Waals surface area contributed by atoms with Crippen LogP contribution >= 0.6 is 0 Å². The highest BCUT2D eigenvalue weighted by molar-refractivity contribution is 6.05. The Labute approximate surface area is 179 Å². The molecule has 10 nitrogen and oxygen atoms in total. The molecule has 2 aromatic carbocycles. The molecule has 2 aromatic rings. The summed E-state index contributed by atoms with van der Waals surface area (Å²) < 4.78 is 31.7. The third-order valence-electron chi connectivity index (χ3n) is 3.58. The number of carboxylic acids is 2. The van der Waals surface area contributed by atoms with E-state index in [0.29, 0.717) is 23.2 Å². The molecule has 2 rings (SSSR count). The second-order valence-corrected chi connectivity index (χ2v) is 5.98. The highest BCUT2D eigenvalue weighted by atomic mass is 19.4. The van der Waals surface area contributed by atoms with E-state index in [1.54, 1.807) is 30.3 Å². The minimum absolute atomic E-state index is 0.0316. The van der Waals surface area contributed by atoms with Crippen LogP contribution in [0.25, 0.3) is 0 Å². The predicted octanol–water partition coefficient (Wildman–Crippen LogP) is 2.42. The van der Waals surface area contributed by atoms with Gasteiger partial charge in [0, 0.05) is 12.0 Å². The number of carbonyl (C=O) groups is 3. The number of carbonyl (C=O) groups excluding carboxylic acids is 1. The molecule has 32 heavy (non-hydrogen) atoms. The average Bonchev–Trinajstić information content (AvgIpc) is 2.72. The zero-order valence-corrected chi connectivity index (χ0v) is 16.3. The van der Waals surface area contributed by atoms with Gasteiger partial charge in [-0.15, -0.1) is 0 Å². The maximum Gasteiger partial charge on any atom is 0.490 e. The first-order valence-corrected chi connectivity index (χ1v) is 8.68. The van der Waals surface area contributed by atoms with Crippen LogP contribution < -0.4 is 16.6 Å². The second kappa shape index (κ2) is 11.9. The first-order valence-electron chi connectivity index (χ1n) is 8.68. The number of hydrogen-bond acceptors (Lipinski definition) is 6. The van der Waals surface area contributed by atoms with Crippen LogP contribution in [0.15, 0.2) is 47.5 Å². The van der Waals surface area contributed by atoms with Gasteiger partial charge in [-0.1, -0.05) is 12.1 Å². The molecule has 0 aromatic heterocycles. The van der Waals surface area contributed by atoms with Crippen LogP contribution in [0.5, 0.6) is 5.75 Å². The quantitative estimate of drug-likeness (QED) is 0.121. The Morgan fingerprint density at radius 2 is 1.75 bits per heavy atom. The number of aliphatic imine (C=N–C) groups is 1. The van der Waals surface area contributed by atoms with Gasteiger partial charge in [0.1, 0.15) is 12.1 Å². The Kier molecular flexibility index (Phi) is 9.64. The molecule has 0 unspecified atom stereocenters. The largest absolute Gasteiger partial charge is 0.506 e. The monoisotopic (exact) mass is 456 g/mol. The molecular formula is C19H19F3N4O6. The van der Waals surface area contributed by atoms with Gasteiger partial charge in [-0.2, -0.15) is 13.2 Å². The third kappa shape index (κ3) is 9.13. The molecule has 0 heterocycles. The summed E-state index contributed by atoms with van der Waals surface area (Å²) in [6.45, 7) is 0. The molecule has 0 aliphatic rings. The first-order chi connectivity index (χ1) is 14.9. The van der Waals surface area contributed by atoms with Crippen molar-refractivity contribution >= 4 is 35.6 Å². The van der Waals surface area contributed by atoms with Gasteiger partial charge >= 0.3 is 18.1 Å². The summed E-state index contributed by atoms with van der Waals surface area (Å²) >= 11 is 0. The van der Waals surface area contributed by atoms with E-state index in [0.717, 1.165) is 0 Å². The molecule has 0 atom stereocenters. The minimum atomic E-state index is -5.08. The molecule has 0 saturated heterocycles. The van der Waals surface area contributed by atoms with Crippen LogP contribution in [0.3, 0.4) is 0 Å². The lowest BCUT2D eigenvalue weighted by atomic mass is 10.1. The average molecular weight is 456 g/mol. The standard InChI is InChI=1S/C17H18N4O4.C2HF3O2/c18-20-10-19-13-3-1-2-12(9-13)17(25)21-14-6-4-11(8-15(14)22)5-7-16(23)24;3-2(4,5)1(6)7/h1-4,6,8-10,22H,5,7,18H2,(H,19,20)(H,21,25)(H,23,24);(H,6,7). The molecule has 7 N–H and O–H groups in total. The molecule has 0 aliphatic carbocycles. The highest BCUT2D eigenvalue weighted by Crippen LogP contribution is 2.26. The Morgan fingerprint density at radius 3 is 2.28 bits per heavy atom. The number of aliphatic carboxylic acids is 2. The SMILES string of the molecule is NNC=Nc1cccc(C(=O)Nc2ccc(CCC(=O)O)cc2O)c1.O=C(O)C(F)(F)F. The number of carboxylic acid groups (broad SMARTS) is 2. The van der Waals surface area contributed by atoms with Gasteiger partial charge in [-0.05, 0) is 42.3 Å². The van der Waals surface area contributed by atoms with Crippen molar-refractivity contribution in [2.75, 3.05) is 5.32 Å². The summed E-state index contributed by atoms with van der Waals surface area (Å²) in [6, 6.07) is 11.2. The lowest BCUT2D eigenvalue weighted by molar-refractivity contribution is -0.192. The van der Waals surface area contributed by atoms with Gasteiger partial charge in [0.15, 0.2) is 0 Å². The minimum Gasteiger partial charge on any atom is -0.506 e. The Bertz CT molecular complexity index is 995. The molecular weight excluding hydrogens is 437 g/mol. The summed E-state index contributed by atoms with van der Waals surface area (Å²) in [6.07, 6.45) is -3.53. The highest BCUT2D eigenvalue weighted by Gasteiger charge is 2.38. The number of alkyl halides is 3. The smallest absolute Gasteiger partial charge is 0.490 e.